The summed E-state index contributed by atoms with van der Waals surface area (Å²) in [6.45, 7) is 3.95. The highest BCUT2D eigenvalue weighted by atomic mass is 15.3. The Morgan fingerprint density at radius 1 is 1.19 bits per heavy atom. The van der Waals surface area contributed by atoms with Crippen LogP contribution in [0.5, 0.6) is 0 Å². The highest BCUT2D eigenvalue weighted by Crippen LogP contribution is 2.20. The molecule has 2 aromatic rings. The zero-order valence-electron chi connectivity index (χ0n) is 9.22. The standard InChI is InChI=1S/C10H14N6/c1-15-7-14-8-9(15)12-6-13-10(8)16-4-2-11-3-5-16/h6-7,11H,2-5H2,1H3. The van der Waals surface area contributed by atoms with Crippen molar-refractivity contribution in [2.45, 2.75) is 0 Å². The normalized spacial score (nSPS) is 16.9. The van der Waals surface area contributed by atoms with E-state index in [1.54, 1.807) is 12.7 Å². The van der Waals surface area contributed by atoms with Gasteiger partial charge in [-0.2, -0.15) is 0 Å². The lowest BCUT2D eigenvalue weighted by molar-refractivity contribution is 0.586. The summed E-state index contributed by atoms with van der Waals surface area (Å²) in [5.41, 5.74) is 1.79. The molecular formula is C10H14N6. The number of anilines is 1. The minimum atomic E-state index is 0.892. The number of nitrogens with zero attached hydrogens (tertiary/aromatic N) is 5. The van der Waals surface area contributed by atoms with Crippen LogP contribution >= 0.6 is 0 Å². The molecule has 1 fully saturated rings. The van der Waals surface area contributed by atoms with Crippen LogP contribution in [0.3, 0.4) is 0 Å². The van der Waals surface area contributed by atoms with Crippen LogP contribution in [-0.2, 0) is 7.05 Å². The fraction of sp³-hybridized carbons (Fsp3) is 0.500. The van der Waals surface area contributed by atoms with Crippen LogP contribution in [-0.4, -0.2) is 45.7 Å². The highest BCUT2D eigenvalue weighted by Gasteiger charge is 2.16. The van der Waals surface area contributed by atoms with E-state index in [-0.39, 0.29) is 0 Å². The van der Waals surface area contributed by atoms with E-state index in [4.69, 9.17) is 0 Å². The van der Waals surface area contributed by atoms with Crippen LogP contribution in [0.2, 0.25) is 0 Å². The molecule has 0 aliphatic carbocycles. The van der Waals surface area contributed by atoms with E-state index < -0.39 is 0 Å². The number of aryl methyl sites for hydroxylation is 1. The van der Waals surface area contributed by atoms with Crippen molar-refractivity contribution in [2.24, 2.45) is 7.05 Å². The second-order valence-electron chi connectivity index (χ2n) is 3.96. The maximum Gasteiger partial charge on any atom is 0.165 e. The Bertz CT molecular complexity index is 499. The molecule has 3 rings (SSSR count). The molecule has 1 aliphatic heterocycles. The van der Waals surface area contributed by atoms with Gasteiger partial charge in [0.1, 0.15) is 6.33 Å². The summed E-state index contributed by atoms with van der Waals surface area (Å²) < 4.78 is 1.92. The fourth-order valence-corrected chi connectivity index (χ4v) is 2.04. The van der Waals surface area contributed by atoms with Crippen molar-refractivity contribution < 1.29 is 0 Å². The van der Waals surface area contributed by atoms with Crippen LogP contribution < -0.4 is 10.2 Å². The van der Waals surface area contributed by atoms with Crippen molar-refractivity contribution in [3.8, 4) is 0 Å². The molecule has 1 N–H and O–H groups in total. The van der Waals surface area contributed by atoms with Crippen molar-refractivity contribution in [1.29, 1.82) is 0 Å². The lowest BCUT2D eigenvalue weighted by Crippen LogP contribution is -2.44. The van der Waals surface area contributed by atoms with Gasteiger partial charge in [0.15, 0.2) is 17.0 Å². The maximum atomic E-state index is 4.37. The van der Waals surface area contributed by atoms with Crippen LogP contribution in [0.1, 0.15) is 0 Å². The number of hydrogen-bond acceptors (Lipinski definition) is 5. The van der Waals surface area contributed by atoms with Gasteiger partial charge in [0.2, 0.25) is 0 Å². The highest BCUT2D eigenvalue weighted by molar-refractivity contribution is 5.83. The molecule has 0 spiro atoms. The zero-order valence-corrected chi connectivity index (χ0v) is 9.22. The summed E-state index contributed by atoms with van der Waals surface area (Å²) in [6.07, 6.45) is 3.40. The minimum Gasteiger partial charge on any atom is -0.352 e. The summed E-state index contributed by atoms with van der Waals surface area (Å²) in [5.74, 6) is 0.951. The average Bonchev–Trinajstić information content (AvgIpc) is 2.73. The molecule has 2 aromatic heterocycles. The first-order chi connectivity index (χ1) is 7.86. The van der Waals surface area contributed by atoms with Crippen LogP contribution in [0.4, 0.5) is 5.82 Å². The van der Waals surface area contributed by atoms with Gasteiger partial charge in [-0.3, -0.25) is 0 Å². The predicted octanol–water partition coefficient (Wildman–Crippen LogP) is -0.227. The van der Waals surface area contributed by atoms with Crippen molar-refractivity contribution in [1.82, 2.24) is 24.8 Å². The molecule has 1 aliphatic rings. The Morgan fingerprint density at radius 2 is 2.00 bits per heavy atom. The largest absolute Gasteiger partial charge is 0.352 e. The van der Waals surface area contributed by atoms with E-state index in [0.29, 0.717) is 0 Å². The van der Waals surface area contributed by atoms with E-state index in [1.807, 2.05) is 11.6 Å². The molecule has 6 heteroatoms. The molecule has 6 nitrogen and oxygen atoms in total. The number of piperazine rings is 1. The molecule has 0 aromatic carbocycles. The van der Waals surface area contributed by atoms with Crippen molar-refractivity contribution >= 4 is 17.0 Å². The third-order valence-corrected chi connectivity index (χ3v) is 2.89. The number of imidazole rings is 1. The first-order valence-corrected chi connectivity index (χ1v) is 5.44. The van der Waals surface area contributed by atoms with E-state index >= 15 is 0 Å². The van der Waals surface area contributed by atoms with Crippen LogP contribution in [0.15, 0.2) is 12.7 Å². The van der Waals surface area contributed by atoms with Gasteiger partial charge < -0.3 is 14.8 Å². The molecule has 0 saturated carbocycles. The second kappa shape index (κ2) is 3.71. The minimum absolute atomic E-state index is 0.892. The van der Waals surface area contributed by atoms with Gasteiger partial charge in [-0.1, -0.05) is 0 Å². The summed E-state index contributed by atoms with van der Waals surface area (Å²) in [4.78, 5) is 15.2. The van der Waals surface area contributed by atoms with E-state index in [9.17, 15) is 0 Å². The number of rotatable bonds is 1. The van der Waals surface area contributed by atoms with E-state index in [2.05, 4.69) is 25.2 Å². The van der Waals surface area contributed by atoms with Gasteiger partial charge in [-0.15, -0.1) is 0 Å². The molecule has 0 radical (unpaired) electrons. The summed E-state index contributed by atoms with van der Waals surface area (Å²) in [6, 6.07) is 0. The molecule has 16 heavy (non-hydrogen) atoms. The zero-order chi connectivity index (χ0) is 11.0. The SMILES string of the molecule is Cn1cnc2c(N3CCNCC3)ncnc21. The molecule has 0 amide bonds. The van der Waals surface area contributed by atoms with Crippen LogP contribution in [0, 0.1) is 0 Å². The third-order valence-electron chi connectivity index (χ3n) is 2.89. The first kappa shape index (κ1) is 9.53. The van der Waals surface area contributed by atoms with Crippen molar-refractivity contribution in [3.05, 3.63) is 12.7 Å². The lowest BCUT2D eigenvalue weighted by atomic mass is 10.3. The monoisotopic (exact) mass is 218 g/mol. The topological polar surface area (TPSA) is 58.9 Å². The Balaban J connectivity index is 2.08. The van der Waals surface area contributed by atoms with Gasteiger partial charge in [0.25, 0.3) is 0 Å². The molecule has 0 atom stereocenters. The van der Waals surface area contributed by atoms with Gasteiger partial charge in [-0.25, -0.2) is 15.0 Å². The van der Waals surface area contributed by atoms with Crippen LogP contribution in [0.25, 0.3) is 11.2 Å². The number of fused-ring (bicyclic) bond motifs is 1. The molecule has 3 heterocycles. The summed E-state index contributed by atoms with van der Waals surface area (Å²) in [5, 5.41) is 3.33. The molecule has 1 saturated heterocycles. The molecule has 0 unspecified atom stereocenters. The molecule has 84 valence electrons. The van der Waals surface area contributed by atoms with Gasteiger partial charge in [0.05, 0.1) is 6.33 Å². The fourth-order valence-electron chi connectivity index (χ4n) is 2.04. The Labute approximate surface area is 93.3 Å². The Morgan fingerprint density at radius 3 is 2.81 bits per heavy atom. The maximum absolute atomic E-state index is 4.37. The second-order valence-corrected chi connectivity index (χ2v) is 3.96. The van der Waals surface area contributed by atoms with Gasteiger partial charge in [0, 0.05) is 33.2 Å². The average molecular weight is 218 g/mol. The summed E-state index contributed by atoms with van der Waals surface area (Å²) in [7, 11) is 1.95. The van der Waals surface area contributed by atoms with Crippen molar-refractivity contribution in [3.63, 3.8) is 0 Å². The summed E-state index contributed by atoms with van der Waals surface area (Å²) >= 11 is 0. The van der Waals surface area contributed by atoms with E-state index in [0.717, 1.165) is 43.2 Å². The Hall–Kier alpha value is -1.69. The van der Waals surface area contributed by atoms with Crippen molar-refractivity contribution in [2.75, 3.05) is 31.1 Å². The predicted molar refractivity (Wildman–Crippen MR) is 61.4 cm³/mol. The van der Waals surface area contributed by atoms with Gasteiger partial charge in [-0.05, 0) is 0 Å². The number of hydrogen-bond donors (Lipinski definition) is 1. The quantitative estimate of drug-likeness (QED) is 0.716. The van der Waals surface area contributed by atoms with Gasteiger partial charge >= 0.3 is 0 Å². The molecule has 0 bridgehead atoms. The smallest absolute Gasteiger partial charge is 0.165 e. The van der Waals surface area contributed by atoms with E-state index in [1.165, 1.54) is 0 Å². The lowest BCUT2D eigenvalue weighted by Gasteiger charge is -2.28. The third kappa shape index (κ3) is 1.42. The first-order valence-electron chi connectivity index (χ1n) is 5.44. The number of nitrogens with one attached hydrogen (secondary N) is 1. The molecular weight excluding hydrogens is 204 g/mol. The number of aromatic nitrogens is 4. The Kier molecular flexibility index (Phi) is 2.21.